The summed E-state index contributed by atoms with van der Waals surface area (Å²) < 4.78 is 6.85. The van der Waals surface area contributed by atoms with Crippen LogP contribution < -0.4 is 10.1 Å². The van der Waals surface area contributed by atoms with E-state index in [1.807, 2.05) is 53.9 Å². The Morgan fingerprint density at radius 1 is 1.05 bits per heavy atom. The van der Waals surface area contributed by atoms with E-state index < -0.39 is 5.54 Å². The topological polar surface area (TPSA) is 102 Å². The molecule has 2 amide bonds. The zero-order valence-electron chi connectivity index (χ0n) is 23.0. The smallest absolute Gasteiger partial charge is 0.250 e. The molecular formula is C31H29ClN6O3S. The minimum Gasteiger partial charge on any atom is -0.497 e. The molecular weight excluding hydrogens is 572 g/mol. The number of fused-ring (bicyclic) bond motifs is 1. The van der Waals surface area contributed by atoms with Crippen LogP contribution in [-0.2, 0) is 22.7 Å². The number of methoxy groups -OCH3 is 1. The maximum atomic E-state index is 14.2. The number of anilines is 1. The van der Waals surface area contributed by atoms with E-state index in [1.165, 1.54) is 11.3 Å². The third-order valence-electron chi connectivity index (χ3n) is 7.71. The lowest BCUT2D eigenvalue weighted by Gasteiger charge is -2.39. The van der Waals surface area contributed by atoms with Gasteiger partial charge in [0.1, 0.15) is 28.4 Å². The molecule has 0 unspecified atom stereocenters. The van der Waals surface area contributed by atoms with E-state index in [9.17, 15) is 9.59 Å². The largest absolute Gasteiger partial charge is 0.497 e. The van der Waals surface area contributed by atoms with E-state index in [0.717, 1.165) is 34.6 Å². The van der Waals surface area contributed by atoms with Gasteiger partial charge >= 0.3 is 0 Å². The number of para-hydroxylation sites is 1. The minimum absolute atomic E-state index is 0.0481. The van der Waals surface area contributed by atoms with Gasteiger partial charge in [-0.05, 0) is 61.4 Å². The number of hydrogen-bond donors (Lipinski definition) is 1. The number of hydrogen-bond acceptors (Lipinski definition) is 7. The number of thiazole rings is 1. The van der Waals surface area contributed by atoms with Crippen LogP contribution in [0, 0.1) is 0 Å². The number of carbonyl (C=O) groups excluding carboxylic acids is 2. The first-order valence-corrected chi connectivity index (χ1v) is 15.0. The van der Waals surface area contributed by atoms with E-state index in [2.05, 4.69) is 15.6 Å². The fraction of sp³-hybridized carbons (Fsp3) is 0.258. The second-order valence-electron chi connectivity index (χ2n) is 10.3. The third-order valence-corrected chi connectivity index (χ3v) is 8.79. The van der Waals surface area contributed by atoms with Gasteiger partial charge in [-0.3, -0.25) is 9.59 Å². The van der Waals surface area contributed by atoms with Crippen LogP contribution in [0.2, 0.25) is 5.02 Å². The second kappa shape index (κ2) is 11.9. The van der Waals surface area contributed by atoms with Gasteiger partial charge in [0, 0.05) is 21.7 Å². The van der Waals surface area contributed by atoms with Gasteiger partial charge in [-0.25, -0.2) is 9.67 Å². The predicted molar refractivity (Wildman–Crippen MR) is 163 cm³/mol. The van der Waals surface area contributed by atoms with Gasteiger partial charge < -0.3 is 15.0 Å². The van der Waals surface area contributed by atoms with Crippen molar-refractivity contribution in [3.05, 3.63) is 88.2 Å². The van der Waals surface area contributed by atoms with Crippen LogP contribution in [0.15, 0.2) is 78.2 Å². The molecule has 2 aromatic heterocycles. The molecule has 1 N–H and O–H groups in total. The summed E-state index contributed by atoms with van der Waals surface area (Å²) in [6.07, 6.45) is 2.77. The van der Waals surface area contributed by atoms with E-state index in [4.69, 9.17) is 21.3 Å². The second-order valence-corrected chi connectivity index (χ2v) is 11.6. The lowest BCUT2D eigenvalue weighted by atomic mass is 9.93. The molecule has 9 nitrogen and oxygen atoms in total. The first-order chi connectivity index (χ1) is 20.4. The molecule has 0 saturated heterocycles. The molecule has 0 spiro atoms. The van der Waals surface area contributed by atoms with Crippen LogP contribution in [-0.4, -0.2) is 49.3 Å². The Bertz CT molecular complexity index is 1710. The number of carbonyl (C=O) groups is 2. The van der Waals surface area contributed by atoms with Crippen LogP contribution in [0.1, 0.15) is 30.7 Å². The van der Waals surface area contributed by atoms with Crippen molar-refractivity contribution in [1.82, 2.24) is 24.9 Å². The summed E-state index contributed by atoms with van der Waals surface area (Å²) in [5.41, 5.74) is 2.79. The lowest BCUT2D eigenvalue weighted by molar-refractivity contribution is -0.147. The highest BCUT2D eigenvalue weighted by molar-refractivity contribution is 7.09. The molecule has 214 valence electrons. The molecule has 1 fully saturated rings. The molecule has 0 aliphatic heterocycles. The van der Waals surface area contributed by atoms with Crippen molar-refractivity contribution in [2.75, 3.05) is 12.4 Å². The number of benzene rings is 3. The van der Waals surface area contributed by atoms with Crippen LogP contribution in [0.5, 0.6) is 5.75 Å². The monoisotopic (exact) mass is 600 g/mol. The van der Waals surface area contributed by atoms with E-state index in [-0.39, 0.29) is 24.9 Å². The molecule has 11 heteroatoms. The van der Waals surface area contributed by atoms with Crippen LogP contribution in [0.3, 0.4) is 0 Å². The first-order valence-electron chi connectivity index (χ1n) is 13.7. The van der Waals surface area contributed by atoms with Gasteiger partial charge in [0.15, 0.2) is 0 Å². The van der Waals surface area contributed by atoms with Crippen LogP contribution >= 0.6 is 22.9 Å². The molecule has 1 aliphatic carbocycles. The van der Waals surface area contributed by atoms with Crippen molar-refractivity contribution in [2.24, 2.45) is 0 Å². The fourth-order valence-electron chi connectivity index (χ4n) is 5.50. The maximum absolute atomic E-state index is 14.2. The van der Waals surface area contributed by atoms with Crippen LogP contribution in [0.25, 0.3) is 22.3 Å². The van der Waals surface area contributed by atoms with Gasteiger partial charge in [-0.1, -0.05) is 53.9 Å². The van der Waals surface area contributed by atoms with Crippen molar-refractivity contribution in [2.45, 2.75) is 44.3 Å². The summed E-state index contributed by atoms with van der Waals surface area (Å²) in [5, 5.41) is 14.9. The quantitative estimate of drug-likeness (QED) is 0.216. The fourth-order valence-corrected chi connectivity index (χ4v) is 6.42. The SMILES string of the molecule is COc1ccc(NC(=O)C2(N(Cc3nc(-c4ccc(Cl)cc4)cs3)C(=O)Cn3nnc4ccccc43)CCCC2)cc1. The molecule has 42 heavy (non-hydrogen) atoms. The number of aromatic nitrogens is 4. The predicted octanol–water partition coefficient (Wildman–Crippen LogP) is 6.20. The van der Waals surface area contributed by atoms with Crippen molar-refractivity contribution < 1.29 is 14.3 Å². The van der Waals surface area contributed by atoms with Crippen molar-refractivity contribution in [3.8, 4) is 17.0 Å². The maximum Gasteiger partial charge on any atom is 0.250 e. The average Bonchev–Trinajstić information content (AvgIpc) is 3.78. The van der Waals surface area contributed by atoms with E-state index in [1.54, 1.807) is 41.0 Å². The van der Waals surface area contributed by atoms with Gasteiger partial charge in [0.05, 0.1) is 24.9 Å². The van der Waals surface area contributed by atoms with Gasteiger partial charge in [0.2, 0.25) is 11.8 Å². The van der Waals surface area contributed by atoms with Gasteiger partial charge in [0.25, 0.3) is 0 Å². The van der Waals surface area contributed by atoms with Crippen molar-refractivity contribution in [3.63, 3.8) is 0 Å². The molecule has 1 saturated carbocycles. The number of nitrogens with zero attached hydrogens (tertiary/aromatic N) is 5. The van der Waals surface area contributed by atoms with Crippen molar-refractivity contribution >= 4 is 51.5 Å². The normalized spacial score (nSPS) is 14.1. The molecule has 3 aromatic carbocycles. The zero-order valence-corrected chi connectivity index (χ0v) is 24.6. The Morgan fingerprint density at radius 3 is 2.52 bits per heavy atom. The summed E-state index contributed by atoms with van der Waals surface area (Å²) in [6.45, 7) is 0.146. The highest BCUT2D eigenvalue weighted by Crippen LogP contribution is 2.39. The van der Waals surface area contributed by atoms with Crippen LogP contribution in [0.4, 0.5) is 5.69 Å². The highest BCUT2D eigenvalue weighted by atomic mass is 35.5. The summed E-state index contributed by atoms with van der Waals surface area (Å²) in [7, 11) is 1.60. The standard InChI is InChI=1S/C31H29ClN6O3S/c1-41-24-14-12-23(13-15-24)33-30(40)31(16-4-5-17-31)37(29(39)19-38-27-7-3-2-6-25(27)35-36-38)18-28-34-26(20-42-28)21-8-10-22(32)11-9-21/h2-3,6-15,20H,4-5,16-19H2,1H3,(H,33,40). The highest BCUT2D eigenvalue weighted by Gasteiger charge is 2.48. The molecule has 0 radical (unpaired) electrons. The molecule has 2 heterocycles. The number of nitrogens with one attached hydrogen (secondary N) is 1. The van der Waals surface area contributed by atoms with Gasteiger partial charge in [-0.2, -0.15) is 0 Å². The Hall–Kier alpha value is -4.28. The minimum atomic E-state index is -1.04. The Balaban J connectivity index is 1.33. The summed E-state index contributed by atoms with van der Waals surface area (Å²) in [5.74, 6) is 0.262. The molecule has 0 bridgehead atoms. The van der Waals surface area contributed by atoms with E-state index >= 15 is 0 Å². The Morgan fingerprint density at radius 2 is 1.79 bits per heavy atom. The lowest BCUT2D eigenvalue weighted by Crippen LogP contribution is -2.57. The Labute approximate surface area is 252 Å². The molecule has 0 atom stereocenters. The third kappa shape index (κ3) is 5.60. The molecule has 5 aromatic rings. The number of rotatable bonds is 9. The van der Waals surface area contributed by atoms with E-state index in [0.29, 0.717) is 34.8 Å². The average molecular weight is 601 g/mol. The summed E-state index contributed by atoms with van der Waals surface area (Å²) in [4.78, 5) is 34.9. The molecule has 6 rings (SSSR count). The summed E-state index contributed by atoms with van der Waals surface area (Å²) >= 11 is 7.54. The summed E-state index contributed by atoms with van der Waals surface area (Å²) in [6, 6.07) is 22.2. The first kappa shape index (κ1) is 27.9. The van der Waals surface area contributed by atoms with Gasteiger partial charge in [-0.15, -0.1) is 16.4 Å². The number of ether oxygens (including phenoxy) is 1. The Kier molecular flexibility index (Phi) is 7.90. The number of halogens is 1. The zero-order chi connectivity index (χ0) is 29.1. The van der Waals surface area contributed by atoms with Crippen molar-refractivity contribution in [1.29, 1.82) is 0 Å². The molecule has 1 aliphatic rings. The number of amides is 2.